The van der Waals surface area contributed by atoms with Gasteiger partial charge in [-0.15, -0.1) is 0 Å². The molecule has 13 heteroatoms. The average Bonchev–Trinajstić information content (AvgIpc) is 2.11. The van der Waals surface area contributed by atoms with Gasteiger partial charge < -0.3 is 13.6 Å². The Morgan fingerprint density at radius 1 is 0.526 bits per heavy atom. The Balaban J connectivity index is 4.30. The summed E-state index contributed by atoms with van der Waals surface area (Å²) in [6, 6.07) is 0. The van der Waals surface area contributed by atoms with Gasteiger partial charge in [0.05, 0.1) is 19.8 Å². The molecular weight excluding hydrogens is 870 g/mol. The quantitative estimate of drug-likeness (QED) is 0.202. The molecule has 0 aliphatic rings. The molecule has 0 aromatic rings. The van der Waals surface area contributed by atoms with E-state index in [4.69, 9.17) is 13.6 Å². The molecule has 0 spiro atoms. The van der Waals surface area contributed by atoms with E-state index in [9.17, 15) is 0 Å². The van der Waals surface area contributed by atoms with Crippen LogP contribution in [0.4, 0.5) is 0 Å². The third-order valence-corrected chi connectivity index (χ3v) is 4.08. The van der Waals surface area contributed by atoms with Crippen molar-refractivity contribution in [1.82, 2.24) is 0 Å². The summed E-state index contributed by atoms with van der Waals surface area (Å²) < 4.78 is 15.1. The van der Waals surface area contributed by atoms with Gasteiger partial charge in [0, 0.05) is 0 Å². The van der Waals surface area contributed by atoms with Gasteiger partial charge in [0.1, 0.15) is 0 Å². The lowest BCUT2D eigenvalue weighted by atomic mass is 10.9. The number of alkyl halides is 9. The molecule has 0 N–H and O–H groups in total. The second kappa shape index (κ2) is 10.6. The SMILES string of the molecule is BrC(Br)(Br)COP(OCC(Br)(Br)Br)OCC(Br)(Br)Br. The van der Waals surface area contributed by atoms with E-state index in [0.29, 0.717) is 19.8 Å². The van der Waals surface area contributed by atoms with E-state index in [2.05, 4.69) is 143 Å². The summed E-state index contributed by atoms with van der Waals surface area (Å²) >= 11 is 30.1. The first-order valence-corrected chi connectivity index (χ1v) is 12.4. The van der Waals surface area contributed by atoms with Crippen LogP contribution in [0.25, 0.3) is 0 Å². The van der Waals surface area contributed by atoms with E-state index >= 15 is 0 Å². The summed E-state index contributed by atoms with van der Waals surface area (Å²) in [5.41, 5.74) is 0. The third-order valence-electron chi connectivity index (χ3n) is 1.00. The zero-order valence-corrected chi connectivity index (χ0v) is 23.9. The van der Waals surface area contributed by atoms with Crippen LogP contribution in [-0.4, -0.2) is 26.2 Å². The molecule has 116 valence electrons. The molecule has 0 rings (SSSR count). The van der Waals surface area contributed by atoms with Gasteiger partial charge in [-0.1, -0.05) is 143 Å². The van der Waals surface area contributed by atoms with E-state index in [1.54, 1.807) is 0 Å². The Morgan fingerprint density at radius 3 is 0.895 bits per heavy atom. The highest BCUT2D eigenvalue weighted by atomic mass is 80.0. The number of rotatable bonds is 6. The van der Waals surface area contributed by atoms with Crippen LogP contribution in [-0.2, 0) is 13.6 Å². The van der Waals surface area contributed by atoms with Crippen molar-refractivity contribution in [2.24, 2.45) is 0 Å². The normalized spacial score (nSPS) is 14.2. The van der Waals surface area contributed by atoms with Gasteiger partial charge in [0.25, 0.3) is 0 Å². The smallest absolute Gasteiger partial charge is 0.309 e. The number of hydrogen-bond donors (Lipinski definition) is 0. The summed E-state index contributed by atoms with van der Waals surface area (Å²) in [4.78, 5) is 0. The van der Waals surface area contributed by atoms with Gasteiger partial charge >= 0.3 is 8.60 Å². The van der Waals surface area contributed by atoms with Crippen molar-refractivity contribution >= 4 is 152 Å². The van der Waals surface area contributed by atoms with Crippen LogP contribution in [0.5, 0.6) is 0 Å². The lowest BCUT2D eigenvalue weighted by Crippen LogP contribution is -2.16. The van der Waals surface area contributed by atoms with Crippen molar-refractivity contribution in [3.05, 3.63) is 0 Å². The molecule has 0 amide bonds. The molecule has 0 aliphatic heterocycles. The lowest BCUT2D eigenvalue weighted by Gasteiger charge is -2.23. The molecule has 0 aromatic carbocycles. The molecule has 0 saturated carbocycles. The van der Waals surface area contributed by atoms with E-state index < -0.39 is 15.0 Å². The van der Waals surface area contributed by atoms with Crippen molar-refractivity contribution in [3.63, 3.8) is 0 Å². The topological polar surface area (TPSA) is 27.7 Å². The van der Waals surface area contributed by atoms with Crippen LogP contribution < -0.4 is 0 Å². The van der Waals surface area contributed by atoms with Crippen molar-refractivity contribution in [2.45, 2.75) is 6.43 Å². The molecule has 0 bridgehead atoms. The van der Waals surface area contributed by atoms with Crippen LogP contribution in [0.1, 0.15) is 0 Å². The fourth-order valence-electron chi connectivity index (χ4n) is 0.489. The van der Waals surface area contributed by atoms with E-state index in [1.807, 2.05) is 0 Å². The molecule has 19 heavy (non-hydrogen) atoms. The van der Waals surface area contributed by atoms with Crippen LogP contribution in [0.2, 0.25) is 0 Å². The second-order valence-electron chi connectivity index (χ2n) is 2.89. The van der Waals surface area contributed by atoms with Crippen molar-refractivity contribution in [1.29, 1.82) is 0 Å². The monoisotopic (exact) mass is 867 g/mol. The molecule has 0 saturated heterocycles. The van der Waals surface area contributed by atoms with Crippen LogP contribution in [0.15, 0.2) is 0 Å². The van der Waals surface area contributed by atoms with Crippen LogP contribution >= 0.6 is 152 Å². The Morgan fingerprint density at radius 2 is 0.737 bits per heavy atom. The summed E-state index contributed by atoms with van der Waals surface area (Å²) in [5, 5.41) is 0. The number of hydrogen-bond acceptors (Lipinski definition) is 3. The largest absolute Gasteiger partial charge is 0.332 e. The Labute approximate surface area is 188 Å². The highest BCUT2D eigenvalue weighted by Crippen LogP contribution is 2.48. The highest BCUT2D eigenvalue weighted by molar-refractivity contribution is 9.40. The molecule has 0 unspecified atom stereocenters. The summed E-state index contributed by atoms with van der Waals surface area (Å²) in [7, 11) is -1.52. The van der Waals surface area contributed by atoms with E-state index in [0.717, 1.165) is 0 Å². The predicted octanol–water partition coefficient (Wildman–Crippen LogP) is 7.78. The van der Waals surface area contributed by atoms with E-state index in [-0.39, 0.29) is 0 Å². The first-order valence-electron chi connectivity index (χ1n) is 4.18. The molecular formula is C6H6Br9O3P. The zero-order valence-electron chi connectivity index (χ0n) is 8.69. The predicted molar refractivity (Wildman–Crippen MR) is 113 cm³/mol. The maximum absolute atomic E-state index is 5.55. The third kappa shape index (κ3) is 18.8. The molecule has 0 aromatic heterocycles. The Bertz CT molecular complexity index is 217. The number of halogens is 9. The van der Waals surface area contributed by atoms with Crippen LogP contribution in [0.3, 0.4) is 0 Å². The minimum Gasteiger partial charge on any atom is -0.309 e. The second-order valence-corrected chi connectivity index (χ2v) is 25.9. The van der Waals surface area contributed by atoms with Crippen molar-refractivity contribution in [3.8, 4) is 0 Å². The molecule has 0 aliphatic carbocycles. The molecule has 0 fully saturated rings. The lowest BCUT2D eigenvalue weighted by molar-refractivity contribution is 0.172. The molecule has 0 atom stereocenters. The van der Waals surface area contributed by atoms with Gasteiger partial charge in [0.15, 0.2) is 6.43 Å². The summed E-state index contributed by atoms with van der Waals surface area (Å²) in [6.45, 7) is 0.912. The first kappa shape index (κ1) is 23.6. The maximum Gasteiger partial charge on any atom is 0.332 e. The highest BCUT2D eigenvalue weighted by Gasteiger charge is 2.28. The van der Waals surface area contributed by atoms with Gasteiger partial charge in [-0.05, 0) is 0 Å². The minimum atomic E-state index is -1.52. The summed E-state index contributed by atoms with van der Waals surface area (Å²) in [6.07, 6.45) is 0. The molecule has 3 nitrogen and oxygen atoms in total. The Hall–Kier alpha value is 4.63. The van der Waals surface area contributed by atoms with Gasteiger partial charge in [0.2, 0.25) is 0 Å². The van der Waals surface area contributed by atoms with Gasteiger partial charge in [-0.25, -0.2) is 0 Å². The molecule has 0 radical (unpaired) electrons. The van der Waals surface area contributed by atoms with Gasteiger partial charge in [-0.3, -0.25) is 0 Å². The zero-order chi connectivity index (χ0) is 15.3. The summed E-state index contributed by atoms with van der Waals surface area (Å²) in [5.74, 6) is 0. The van der Waals surface area contributed by atoms with Crippen LogP contribution in [0, 0.1) is 0 Å². The van der Waals surface area contributed by atoms with Crippen molar-refractivity contribution < 1.29 is 13.6 Å². The standard InChI is InChI=1S/C6H6Br9O3P/c7-4(8,9)1-16-19(17-2-5(10,11)12)18-3-6(13,14)15/h1-3H2. The van der Waals surface area contributed by atoms with Crippen molar-refractivity contribution in [2.75, 3.05) is 19.8 Å². The Kier molecular flexibility index (Phi) is 13.2. The first-order chi connectivity index (χ1) is 8.29. The van der Waals surface area contributed by atoms with Gasteiger partial charge in [-0.2, -0.15) is 0 Å². The maximum atomic E-state index is 5.55. The fourth-order valence-corrected chi connectivity index (χ4v) is 4.23. The molecule has 0 heterocycles. The fraction of sp³-hybridized carbons (Fsp3) is 1.00. The van der Waals surface area contributed by atoms with E-state index in [1.165, 1.54) is 0 Å². The minimum absolute atomic E-state index is 0.304. The average molecular weight is 876 g/mol.